The molecule has 2 aliphatic carbocycles. The summed E-state index contributed by atoms with van der Waals surface area (Å²) in [5.74, 6) is 2.38. The van der Waals surface area contributed by atoms with E-state index in [9.17, 15) is 9.59 Å². The first-order chi connectivity index (χ1) is 10.8. The first-order valence-electron chi connectivity index (χ1n) is 9.55. The van der Waals surface area contributed by atoms with Crippen molar-refractivity contribution in [1.82, 2.24) is 0 Å². The van der Waals surface area contributed by atoms with Crippen LogP contribution >= 0.6 is 0 Å². The fourth-order valence-corrected chi connectivity index (χ4v) is 5.88. The molecule has 3 heteroatoms. The summed E-state index contributed by atoms with van der Waals surface area (Å²) in [6, 6.07) is 0. The van der Waals surface area contributed by atoms with E-state index in [1.54, 1.807) is 0 Å². The molecule has 0 radical (unpaired) electrons. The molecule has 0 N–H and O–H groups in total. The molecule has 3 aliphatic rings. The summed E-state index contributed by atoms with van der Waals surface area (Å²) in [5.41, 5.74) is 0.182. The summed E-state index contributed by atoms with van der Waals surface area (Å²) in [6.45, 7) is 9.32. The zero-order valence-electron chi connectivity index (χ0n) is 15.1. The van der Waals surface area contributed by atoms with Gasteiger partial charge in [-0.15, -0.1) is 0 Å². The van der Waals surface area contributed by atoms with E-state index in [1.807, 2.05) is 0 Å². The van der Waals surface area contributed by atoms with Gasteiger partial charge in [-0.1, -0.05) is 47.0 Å². The molecule has 6 atom stereocenters. The maximum Gasteiger partial charge on any atom is 0.306 e. The highest BCUT2D eigenvalue weighted by Gasteiger charge is 2.62. The van der Waals surface area contributed by atoms with Crippen molar-refractivity contribution in [3.8, 4) is 0 Å². The molecule has 0 aromatic carbocycles. The highest BCUT2D eigenvalue weighted by Crippen LogP contribution is 2.61. The van der Waals surface area contributed by atoms with Gasteiger partial charge < -0.3 is 4.74 Å². The monoisotopic (exact) mass is 320 g/mol. The van der Waals surface area contributed by atoms with Crippen LogP contribution in [-0.4, -0.2) is 17.9 Å². The first kappa shape index (κ1) is 17.0. The molecule has 3 fully saturated rings. The molecular formula is C20H32O3. The molecule has 1 saturated heterocycles. The lowest BCUT2D eigenvalue weighted by molar-refractivity contribution is -0.171. The number of ketones is 1. The van der Waals surface area contributed by atoms with Crippen LogP contribution in [0.1, 0.15) is 72.6 Å². The van der Waals surface area contributed by atoms with Crippen molar-refractivity contribution in [3.63, 3.8) is 0 Å². The fourth-order valence-electron chi connectivity index (χ4n) is 5.88. The molecule has 0 bridgehead atoms. The Labute approximate surface area is 140 Å². The molecule has 2 saturated carbocycles. The van der Waals surface area contributed by atoms with Crippen LogP contribution in [0.25, 0.3) is 0 Å². The average Bonchev–Trinajstić information content (AvgIpc) is 2.76. The molecule has 3 nitrogen and oxygen atoms in total. The molecule has 0 aromatic rings. The molecule has 0 amide bonds. The predicted molar refractivity (Wildman–Crippen MR) is 89.8 cm³/mol. The van der Waals surface area contributed by atoms with Gasteiger partial charge in [-0.2, -0.15) is 0 Å². The molecule has 1 aliphatic heterocycles. The van der Waals surface area contributed by atoms with E-state index >= 15 is 0 Å². The van der Waals surface area contributed by atoms with Gasteiger partial charge in [-0.3, -0.25) is 9.59 Å². The Morgan fingerprint density at radius 1 is 1.22 bits per heavy atom. The number of rotatable bonds is 5. The Bertz CT molecular complexity index is 483. The third-order valence-electron chi connectivity index (χ3n) is 7.05. The van der Waals surface area contributed by atoms with Gasteiger partial charge in [-0.25, -0.2) is 0 Å². The Kier molecular flexibility index (Phi) is 4.59. The van der Waals surface area contributed by atoms with E-state index in [-0.39, 0.29) is 29.3 Å². The number of hydrogen-bond donors (Lipinski definition) is 0. The highest BCUT2D eigenvalue weighted by atomic mass is 16.5. The average molecular weight is 320 g/mol. The summed E-state index contributed by atoms with van der Waals surface area (Å²) in [5, 5.41) is 0. The van der Waals surface area contributed by atoms with E-state index < -0.39 is 0 Å². The lowest BCUT2D eigenvalue weighted by Gasteiger charge is -2.47. The van der Waals surface area contributed by atoms with E-state index in [4.69, 9.17) is 4.74 Å². The second-order valence-corrected chi connectivity index (χ2v) is 8.98. The van der Waals surface area contributed by atoms with Crippen LogP contribution in [0.3, 0.4) is 0 Å². The lowest BCUT2D eigenvalue weighted by atomic mass is 9.57. The maximum atomic E-state index is 12.4. The summed E-state index contributed by atoms with van der Waals surface area (Å²) < 4.78 is 5.69. The van der Waals surface area contributed by atoms with Crippen molar-refractivity contribution in [2.75, 3.05) is 0 Å². The van der Waals surface area contributed by atoms with Crippen LogP contribution in [0.4, 0.5) is 0 Å². The Morgan fingerprint density at radius 2 is 1.96 bits per heavy atom. The summed E-state index contributed by atoms with van der Waals surface area (Å²) >= 11 is 0. The van der Waals surface area contributed by atoms with Gasteiger partial charge in [0, 0.05) is 18.3 Å². The maximum absolute atomic E-state index is 12.4. The van der Waals surface area contributed by atoms with Crippen LogP contribution in [0, 0.1) is 35.0 Å². The van der Waals surface area contributed by atoms with Crippen LogP contribution < -0.4 is 0 Å². The molecule has 3 rings (SSSR count). The third-order valence-corrected chi connectivity index (χ3v) is 7.05. The molecule has 23 heavy (non-hydrogen) atoms. The fraction of sp³-hybridized carbons (Fsp3) is 0.900. The zero-order valence-corrected chi connectivity index (χ0v) is 15.1. The van der Waals surface area contributed by atoms with Gasteiger partial charge in [0.2, 0.25) is 0 Å². The quantitative estimate of drug-likeness (QED) is 0.706. The van der Waals surface area contributed by atoms with Crippen LogP contribution in [0.5, 0.6) is 0 Å². The van der Waals surface area contributed by atoms with Crippen molar-refractivity contribution in [2.24, 2.45) is 35.0 Å². The number of carbonyl (C=O) groups is 2. The number of ether oxygens (including phenoxy) is 1. The number of esters is 1. The van der Waals surface area contributed by atoms with Crippen LogP contribution in [0.2, 0.25) is 0 Å². The molecule has 0 unspecified atom stereocenters. The minimum Gasteiger partial charge on any atom is -0.462 e. The van der Waals surface area contributed by atoms with Gasteiger partial charge in [0.1, 0.15) is 11.9 Å². The van der Waals surface area contributed by atoms with Crippen molar-refractivity contribution in [2.45, 2.75) is 78.7 Å². The van der Waals surface area contributed by atoms with Gasteiger partial charge in [-0.05, 0) is 36.0 Å². The number of hydrogen-bond acceptors (Lipinski definition) is 3. The second-order valence-electron chi connectivity index (χ2n) is 8.98. The zero-order chi connectivity index (χ0) is 16.8. The second kappa shape index (κ2) is 6.22. The van der Waals surface area contributed by atoms with Crippen LogP contribution in [0.15, 0.2) is 0 Å². The minimum absolute atomic E-state index is 0.00644. The van der Waals surface area contributed by atoms with Crippen molar-refractivity contribution < 1.29 is 14.3 Å². The van der Waals surface area contributed by atoms with Crippen LogP contribution in [-0.2, 0) is 14.3 Å². The summed E-state index contributed by atoms with van der Waals surface area (Å²) in [7, 11) is 0. The Balaban J connectivity index is 1.76. The number of Topliss-reactive ketones (excluding diaryl/α,β-unsaturated/α-hetero) is 1. The molecule has 1 heterocycles. The van der Waals surface area contributed by atoms with E-state index in [2.05, 4.69) is 27.7 Å². The lowest BCUT2D eigenvalue weighted by Crippen LogP contribution is -2.49. The summed E-state index contributed by atoms with van der Waals surface area (Å²) in [4.78, 5) is 24.3. The smallest absolute Gasteiger partial charge is 0.306 e. The van der Waals surface area contributed by atoms with Crippen molar-refractivity contribution in [3.05, 3.63) is 0 Å². The first-order valence-corrected chi connectivity index (χ1v) is 9.55. The van der Waals surface area contributed by atoms with Gasteiger partial charge in [0.05, 0.1) is 6.42 Å². The van der Waals surface area contributed by atoms with E-state index in [0.717, 1.165) is 18.8 Å². The summed E-state index contributed by atoms with van der Waals surface area (Å²) in [6.07, 6.45) is 6.76. The minimum atomic E-state index is -0.151. The SMILES string of the molecule is CC(C)CCC[C@@H](C)[C@H]1C[C@H]2OC(=O)C[C@@H]3C(=O)CC[C@@]1(C)[C@@H]32. The molecule has 130 valence electrons. The van der Waals surface area contributed by atoms with E-state index in [1.165, 1.54) is 19.3 Å². The molecule has 0 aromatic heterocycles. The van der Waals surface area contributed by atoms with Gasteiger partial charge >= 0.3 is 5.97 Å². The molecular weight excluding hydrogens is 288 g/mol. The van der Waals surface area contributed by atoms with E-state index in [0.29, 0.717) is 30.5 Å². The standard InChI is InChI=1S/C20H32O3/c1-12(2)6-5-7-13(3)15-11-17-19-14(10-18(22)23-17)16(21)8-9-20(15,19)4/h12-15,17,19H,5-11H2,1-4H3/t13-,14-,15-,17-,19+,20-/m1/s1. The van der Waals surface area contributed by atoms with Crippen molar-refractivity contribution in [1.29, 1.82) is 0 Å². The largest absolute Gasteiger partial charge is 0.462 e. The normalized spacial score (nSPS) is 40.9. The molecule has 0 spiro atoms. The van der Waals surface area contributed by atoms with Crippen molar-refractivity contribution >= 4 is 11.8 Å². The Hall–Kier alpha value is -0.860. The predicted octanol–water partition coefficient (Wildman–Crippen LogP) is 4.39. The topological polar surface area (TPSA) is 43.4 Å². The number of carbonyl (C=O) groups excluding carboxylic acids is 2. The Morgan fingerprint density at radius 3 is 2.65 bits per heavy atom. The van der Waals surface area contributed by atoms with Gasteiger partial charge in [0.15, 0.2) is 0 Å². The highest BCUT2D eigenvalue weighted by molar-refractivity contribution is 5.87. The van der Waals surface area contributed by atoms with Gasteiger partial charge in [0.25, 0.3) is 0 Å². The third kappa shape index (κ3) is 2.96.